The zero-order valence-corrected chi connectivity index (χ0v) is 19.5. The van der Waals surface area contributed by atoms with E-state index < -0.39 is 17.9 Å². The molecule has 182 valence electrons. The number of nitrogens with two attached hydrogens (primary N) is 1. The maximum Gasteiger partial charge on any atom is 0.326 e. The number of carbonyl (C=O) groups excluding carboxylic acids is 1. The van der Waals surface area contributed by atoms with Crippen molar-refractivity contribution >= 4 is 34.8 Å². The van der Waals surface area contributed by atoms with Crippen LogP contribution in [0, 0.1) is 0 Å². The molecule has 2 aromatic heterocycles. The maximum atomic E-state index is 13.1. The van der Waals surface area contributed by atoms with Gasteiger partial charge in [0.05, 0.1) is 42.7 Å². The number of rotatable bonds is 7. The lowest BCUT2D eigenvalue weighted by Gasteiger charge is -2.30. The third kappa shape index (κ3) is 5.30. The van der Waals surface area contributed by atoms with Crippen LogP contribution in [-0.2, 0) is 9.53 Å². The van der Waals surface area contributed by atoms with Crippen molar-refractivity contribution in [1.29, 1.82) is 0 Å². The molecule has 0 bridgehead atoms. The Balaban J connectivity index is 1.55. The predicted octanol–water partition coefficient (Wildman–Crippen LogP) is 2.12. The Morgan fingerprint density at radius 1 is 1.17 bits per heavy atom. The molecular weight excluding hydrogens is 450 g/mol. The molecular formula is C24H27N7O4. The van der Waals surface area contributed by atoms with Gasteiger partial charge in [0.1, 0.15) is 6.04 Å². The highest BCUT2D eigenvalue weighted by molar-refractivity contribution is 6.07. The highest BCUT2D eigenvalue weighted by Crippen LogP contribution is 2.27. The highest BCUT2D eigenvalue weighted by atomic mass is 16.5. The fourth-order valence-corrected chi connectivity index (χ4v) is 3.71. The van der Waals surface area contributed by atoms with Gasteiger partial charge in [-0.05, 0) is 25.1 Å². The van der Waals surface area contributed by atoms with Gasteiger partial charge < -0.3 is 30.7 Å². The second-order valence-electron chi connectivity index (χ2n) is 8.11. The van der Waals surface area contributed by atoms with E-state index in [1.807, 2.05) is 6.07 Å². The molecule has 0 unspecified atom stereocenters. The van der Waals surface area contributed by atoms with Crippen molar-refractivity contribution < 1.29 is 19.4 Å². The number of carboxylic acids is 1. The molecule has 11 nitrogen and oxygen atoms in total. The Morgan fingerprint density at radius 2 is 1.89 bits per heavy atom. The van der Waals surface area contributed by atoms with E-state index in [0.29, 0.717) is 43.2 Å². The molecule has 1 aliphatic rings. The maximum absolute atomic E-state index is 13.1. The molecule has 0 aliphatic carbocycles. The number of amides is 1. The first-order valence-corrected chi connectivity index (χ1v) is 11.1. The Bertz CT molecular complexity index is 1210. The minimum atomic E-state index is -0.915. The Labute approximate surface area is 202 Å². The lowest BCUT2D eigenvalue weighted by Crippen LogP contribution is -2.36. The van der Waals surface area contributed by atoms with Gasteiger partial charge in [-0.25, -0.2) is 14.8 Å². The van der Waals surface area contributed by atoms with Gasteiger partial charge in [0, 0.05) is 37.6 Å². The fraction of sp³-hybridized carbons (Fsp3) is 0.292. The average Bonchev–Trinajstić information content (AvgIpc) is 2.89. The van der Waals surface area contributed by atoms with Gasteiger partial charge in [-0.2, -0.15) is 0 Å². The second-order valence-corrected chi connectivity index (χ2v) is 8.11. The Hall–Kier alpha value is -4.25. The Morgan fingerprint density at radius 3 is 2.57 bits per heavy atom. The molecule has 0 radical (unpaired) electrons. The van der Waals surface area contributed by atoms with Crippen LogP contribution in [0.15, 0.2) is 48.9 Å². The van der Waals surface area contributed by atoms with Crippen molar-refractivity contribution in [2.45, 2.75) is 13.0 Å². The lowest BCUT2D eigenvalue weighted by atomic mass is 10.1. The SMILES string of the molecule is C[C@@H](C(=O)O)N(C)c1ccc(-c2cnc(N)c(C(=O)Nc3cnccc3N3CCOCC3)n2)cc1. The smallest absolute Gasteiger partial charge is 0.326 e. The van der Waals surface area contributed by atoms with Crippen LogP contribution in [0.5, 0.6) is 0 Å². The van der Waals surface area contributed by atoms with Gasteiger partial charge in [0.25, 0.3) is 5.91 Å². The molecule has 1 atom stereocenters. The number of morpholine rings is 1. The summed E-state index contributed by atoms with van der Waals surface area (Å²) in [5.41, 5.74) is 9.28. The van der Waals surface area contributed by atoms with E-state index in [0.717, 1.165) is 11.4 Å². The number of nitrogens with one attached hydrogen (secondary N) is 1. The number of aromatic nitrogens is 3. The number of hydrogen-bond donors (Lipinski definition) is 3. The number of benzene rings is 1. The summed E-state index contributed by atoms with van der Waals surface area (Å²) in [4.78, 5) is 40.9. The standard InChI is InChI=1S/C24H27N7O4/c1-15(24(33)34)30(2)17-5-3-16(4-6-17)18-14-27-22(25)21(28-18)23(32)29-19-13-26-8-7-20(19)31-9-11-35-12-10-31/h3-8,13-15H,9-12H2,1-2H3,(H2,25,27)(H,29,32)(H,33,34)/t15-/m0/s1. The summed E-state index contributed by atoms with van der Waals surface area (Å²) >= 11 is 0. The van der Waals surface area contributed by atoms with Crippen molar-refractivity contribution in [1.82, 2.24) is 15.0 Å². The van der Waals surface area contributed by atoms with Crippen molar-refractivity contribution in [3.63, 3.8) is 0 Å². The molecule has 3 aromatic rings. The molecule has 11 heteroatoms. The summed E-state index contributed by atoms with van der Waals surface area (Å²) in [6, 6.07) is 8.33. The van der Waals surface area contributed by atoms with Crippen molar-refractivity contribution in [3.8, 4) is 11.3 Å². The highest BCUT2D eigenvalue weighted by Gasteiger charge is 2.20. The normalized spacial score (nSPS) is 14.3. The summed E-state index contributed by atoms with van der Waals surface area (Å²) in [5.74, 6) is -1.40. The first-order chi connectivity index (χ1) is 16.8. The largest absolute Gasteiger partial charge is 0.480 e. The van der Waals surface area contributed by atoms with E-state index in [4.69, 9.17) is 10.5 Å². The topological polar surface area (TPSA) is 147 Å². The average molecular weight is 478 g/mol. The van der Waals surface area contributed by atoms with Crippen LogP contribution >= 0.6 is 0 Å². The summed E-state index contributed by atoms with van der Waals surface area (Å²) in [7, 11) is 1.71. The van der Waals surface area contributed by atoms with E-state index in [-0.39, 0.29) is 11.5 Å². The zero-order valence-electron chi connectivity index (χ0n) is 19.5. The van der Waals surface area contributed by atoms with E-state index in [2.05, 4.69) is 25.2 Å². The molecule has 1 aromatic carbocycles. The number of carbonyl (C=O) groups is 2. The molecule has 1 amide bonds. The van der Waals surface area contributed by atoms with Crippen LogP contribution < -0.4 is 20.9 Å². The number of pyridine rings is 1. The minimum Gasteiger partial charge on any atom is -0.480 e. The first kappa shape index (κ1) is 23.9. The van der Waals surface area contributed by atoms with Crippen LogP contribution in [-0.4, -0.2) is 71.3 Å². The molecule has 0 saturated carbocycles. The van der Waals surface area contributed by atoms with Crippen LogP contribution in [0.3, 0.4) is 0 Å². The number of anilines is 4. The third-order valence-corrected chi connectivity index (χ3v) is 5.92. The van der Waals surface area contributed by atoms with E-state index >= 15 is 0 Å². The van der Waals surface area contributed by atoms with Gasteiger partial charge in [0.15, 0.2) is 11.5 Å². The van der Waals surface area contributed by atoms with Gasteiger partial charge in [-0.1, -0.05) is 12.1 Å². The fourth-order valence-electron chi connectivity index (χ4n) is 3.71. The molecule has 1 aliphatic heterocycles. The number of hydrogen-bond acceptors (Lipinski definition) is 9. The Kier molecular flexibility index (Phi) is 7.06. The summed E-state index contributed by atoms with van der Waals surface area (Å²) < 4.78 is 5.42. The van der Waals surface area contributed by atoms with Crippen molar-refractivity contribution in [3.05, 3.63) is 54.6 Å². The van der Waals surface area contributed by atoms with Crippen LogP contribution in [0.1, 0.15) is 17.4 Å². The molecule has 1 saturated heterocycles. The monoisotopic (exact) mass is 477 g/mol. The number of likely N-dealkylation sites (N-methyl/N-ethyl adjacent to an activating group) is 1. The molecule has 1 fully saturated rings. The van der Waals surface area contributed by atoms with Gasteiger partial charge >= 0.3 is 5.97 Å². The summed E-state index contributed by atoms with van der Waals surface area (Å²) in [6.45, 7) is 4.25. The first-order valence-electron chi connectivity index (χ1n) is 11.1. The summed E-state index contributed by atoms with van der Waals surface area (Å²) in [6.07, 6.45) is 4.75. The lowest BCUT2D eigenvalue weighted by molar-refractivity contribution is -0.138. The van der Waals surface area contributed by atoms with Crippen LogP contribution in [0.25, 0.3) is 11.3 Å². The summed E-state index contributed by atoms with van der Waals surface area (Å²) in [5, 5.41) is 12.1. The van der Waals surface area contributed by atoms with Crippen molar-refractivity contribution in [2.75, 3.05) is 54.2 Å². The van der Waals surface area contributed by atoms with Crippen LogP contribution in [0.2, 0.25) is 0 Å². The van der Waals surface area contributed by atoms with E-state index in [1.54, 1.807) is 55.5 Å². The van der Waals surface area contributed by atoms with Crippen LogP contribution in [0.4, 0.5) is 22.9 Å². The zero-order chi connectivity index (χ0) is 24.9. The predicted molar refractivity (Wildman–Crippen MR) is 133 cm³/mol. The third-order valence-electron chi connectivity index (χ3n) is 5.92. The van der Waals surface area contributed by atoms with E-state index in [9.17, 15) is 14.7 Å². The second kappa shape index (κ2) is 10.3. The van der Waals surface area contributed by atoms with Gasteiger partial charge in [-0.3, -0.25) is 9.78 Å². The number of ether oxygens (including phenoxy) is 1. The molecule has 0 spiro atoms. The molecule has 3 heterocycles. The number of carboxylic acid groups (broad SMARTS) is 1. The quantitative estimate of drug-likeness (QED) is 0.462. The van der Waals surface area contributed by atoms with E-state index in [1.165, 1.54) is 6.20 Å². The molecule has 4 rings (SSSR count). The number of aliphatic carboxylic acids is 1. The van der Waals surface area contributed by atoms with Gasteiger partial charge in [-0.15, -0.1) is 0 Å². The number of nitrogens with zero attached hydrogens (tertiary/aromatic N) is 5. The molecule has 4 N–H and O–H groups in total. The van der Waals surface area contributed by atoms with Crippen molar-refractivity contribution in [2.24, 2.45) is 0 Å². The number of nitrogen functional groups attached to an aromatic ring is 1. The molecule has 35 heavy (non-hydrogen) atoms. The minimum absolute atomic E-state index is 0.0000236. The van der Waals surface area contributed by atoms with Gasteiger partial charge in [0.2, 0.25) is 0 Å².